The summed E-state index contributed by atoms with van der Waals surface area (Å²) in [6, 6.07) is 14.6. The number of hydrogen-bond acceptors (Lipinski definition) is 5. The summed E-state index contributed by atoms with van der Waals surface area (Å²) < 4.78 is 1.77. The number of benzene rings is 2. The zero-order chi connectivity index (χ0) is 24.7. The number of fused-ring (bicyclic) bond motifs is 1. The van der Waals surface area contributed by atoms with E-state index < -0.39 is 0 Å². The van der Waals surface area contributed by atoms with Gasteiger partial charge in [-0.2, -0.15) is 5.10 Å². The number of piperazine rings is 1. The fourth-order valence-corrected chi connectivity index (χ4v) is 4.88. The molecule has 3 heterocycles. The van der Waals surface area contributed by atoms with E-state index in [0.29, 0.717) is 18.7 Å². The SMILES string of the molecule is Cc1ccc(Nc2c(C(=O)N3CCN(c4cccc(C)c4C)CC3)cnc3c2c(C)nn3C)cc1. The number of nitrogens with one attached hydrogen (secondary N) is 1. The lowest BCUT2D eigenvalue weighted by Gasteiger charge is -2.37. The van der Waals surface area contributed by atoms with Crippen molar-refractivity contribution in [3.05, 3.63) is 76.6 Å². The highest BCUT2D eigenvalue weighted by Crippen LogP contribution is 2.32. The van der Waals surface area contributed by atoms with Crippen LogP contribution >= 0.6 is 0 Å². The molecule has 1 saturated heterocycles. The van der Waals surface area contributed by atoms with Gasteiger partial charge in [0.25, 0.3) is 5.91 Å². The number of aryl methyl sites for hydroxylation is 4. The molecule has 7 heteroatoms. The number of hydrogen-bond donors (Lipinski definition) is 1. The summed E-state index contributed by atoms with van der Waals surface area (Å²) in [5, 5.41) is 8.96. The molecule has 1 amide bonds. The molecule has 180 valence electrons. The Hall–Kier alpha value is -3.87. The second-order valence-corrected chi connectivity index (χ2v) is 9.44. The Balaban J connectivity index is 1.45. The van der Waals surface area contributed by atoms with E-state index in [1.54, 1.807) is 10.9 Å². The molecular weight excluding hydrogens is 436 g/mol. The lowest BCUT2D eigenvalue weighted by atomic mass is 10.1. The van der Waals surface area contributed by atoms with Gasteiger partial charge in [0.1, 0.15) is 0 Å². The van der Waals surface area contributed by atoms with Crippen LogP contribution in [0.15, 0.2) is 48.7 Å². The van der Waals surface area contributed by atoms with Gasteiger partial charge in [0, 0.05) is 50.8 Å². The van der Waals surface area contributed by atoms with Crippen LogP contribution < -0.4 is 10.2 Å². The number of anilines is 3. The van der Waals surface area contributed by atoms with E-state index in [1.807, 2.05) is 31.0 Å². The molecule has 1 N–H and O–H groups in total. The molecule has 1 fully saturated rings. The van der Waals surface area contributed by atoms with Crippen molar-refractivity contribution in [3.8, 4) is 0 Å². The fraction of sp³-hybridized carbons (Fsp3) is 0.321. The Morgan fingerprint density at radius 3 is 2.37 bits per heavy atom. The molecule has 0 bridgehead atoms. The molecule has 5 rings (SSSR count). The summed E-state index contributed by atoms with van der Waals surface area (Å²) in [6.45, 7) is 11.3. The topological polar surface area (TPSA) is 66.3 Å². The van der Waals surface area contributed by atoms with Crippen molar-refractivity contribution in [2.45, 2.75) is 27.7 Å². The van der Waals surface area contributed by atoms with Gasteiger partial charge in [-0.15, -0.1) is 0 Å². The van der Waals surface area contributed by atoms with Crippen molar-refractivity contribution in [1.29, 1.82) is 0 Å². The Morgan fingerprint density at radius 2 is 1.66 bits per heavy atom. The minimum atomic E-state index is -0.00196. The molecule has 0 aliphatic carbocycles. The highest BCUT2D eigenvalue weighted by Gasteiger charge is 2.27. The zero-order valence-corrected chi connectivity index (χ0v) is 21.1. The van der Waals surface area contributed by atoms with Crippen LogP contribution in [0.25, 0.3) is 11.0 Å². The smallest absolute Gasteiger partial charge is 0.257 e. The highest BCUT2D eigenvalue weighted by atomic mass is 16.2. The van der Waals surface area contributed by atoms with Gasteiger partial charge < -0.3 is 15.1 Å². The molecule has 0 saturated carbocycles. The predicted octanol–water partition coefficient (Wildman–Crippen LogP) is 4.91. The fourth-order valence-electron chi connectivity index (χ4n) is 4.88. The number of carbonyl (C=O) groups is 1. The summed E-state index contributed by atoms with van der Waals surface area (Å²) in [4.78, 5) is 22.7. The molecule has 0 spiro atoms. The van der Waals surface area contributed by atoms with Crippen molar-refractivity contribution < 1.29 is 4.79 Å². The third-order valence-corrected chi connectivity index (χ3v) is 7.06. The van der Waals surface area contributed by atoms with Crippen LogP contribution in [0.3, 0.4) is 0 Å². The van der Waals surface area contributed by atoms with E-state index in [0.717, 1.165) is 41.2 Å². The second-order valence-electron chi connectivity index (χ2n) is 9.44. The molecule has 4 aromatic rings. The largest absolute Gasteiger partial charge is 0.368 e. The number of pyridine rings is 1. The molecule has 0 atom stereocenters. The van der Waals surface area contributed by atoms with Gasteiger partial charge in [-0.05, 0) is 57.0 Å². The van der Waals surface area contributed by atoms with E-state index in [1.165, 1.54) is 22.4 Å². The van der Waals surface area contributed by atoms with E-state index in [-0.39, 0.29) is 5.91 Å². The quantitative estimate of drug-likeness (QED) is 0.461. The van der Waals surface area contributed by atoms with Gasteiger partial charge in [0.05, 0.1) is 22.3 Å². The number of amides is 1. The summed E-state index contributed by atoms with van der Waals surface area (Å²) in [5.41, 5.74) is 8.92. The summed E-state index contributed by atoms with van der Waals surface area (Å²) in [7, 11) is 1.88. The van der Waals surface area contributed by atoms with Crippen molar-refractivity contribution >= 4 is 34.0 Å². The molecule has 0 radical (unpaired) electrons. The van der Waals surface area contributed by atoms with Crippen LogP contribution in [0.1, 0.15) is 32.7 Å². The lowest BCUT2D eigenvalue weighted by molar-refractivity contribution is 0.0747. The van der Waals surface area contributed by atoms with Crippen LogP contribution in [0.2, 0.25) is 0 Å². The summed E-state index contributed by atoms with van der Waals surface area (Å²) in [5.74, 6) is -0.00196. The zero-order valence-electron chi connectivity index (χ0n) is 21.1. The van der Waals surface area contributed by atoms with Gasteiger partial charge in [-0.1, -0.05) is 29.8 Å². The normalized spacial score (nSPS) is 14.0. The number of rotatable bonds is 4. The first-order chi connectivity index (χ1) is 16.8. The van der Waals surface area contributed by atoms with Crippen molar-refractivity contribution in [3.63, 3.8) is 0 Å². The predicted molar refractivity (Wildman–Crippen MR) is 142 cm³/mol. The standard InChI is InChI=1S/C28H32N6O/c1-18-9-11-22(12-10-18)30-26-23(17-29-27-25(26)21(4)31-32(27)5)28(35)34-15-13-33(14-16-34)24-8-6-7-19(2)20(24)3/h6-12,17H,13-16H2,1-5H3,(H,29,30). The van der Waals surface area contributed by atoms with Gasteiger partial charge in [-0.3, -0.25) is 9.48 Å². The minimum Gasteiger partial charge on any atom is -0.368 e. The lowest BCUT2D eigenvalue weighted by Crippen LogP contribution is -2.49. The van der Waals surface area contributed by atoms with Gasteiger partial charge >= 0.3 is 0 Å². The Morgan fingerprint density at radius 1 is 0.943 bits per heavy atom. The molecule has 2 aromatic heterocycles. The average Bonchev–Trinajstić information content (AvgIpc) is 3.15. The molecule has 2 aromatic carbocycles. The van der Waals surface area contributed by atoms with E-state index in [4.69, 9.17) is 0 Å². The molecule has 7 nitrogen and oxygen atoms in total. The Bertz CT molecular complexity index is 1400. The molecule has 0 unspecified atom stereocenters. The van der Waals surface area contributed by atoms with E-state index in [9.17, 15) is 4.79 Å². The molecule has 1 aliphatic heterocycles. The highest BCUT2D eigenvalue weighted by molar-refractivity contribution is 6.08. The summed E-state index contributed by atoms with van der Waals surface area (Å²) >= 11 is 0. The number of carbonyl (C=O) groups excluding carboxylic acids is 1. The van der Waals surface area contributed by atoms with Crippen molar-refractivity contribution in [1.82, 2.24) is 19.7 Å². The first kappa shape index (κ1) is 22.9. The first-order valence-corrected chi connectivity index (χ1v) is 12.1. The maximum atomic E-state index is 13.8. The molecule has 1 aliphatic rings. The Labute approximate surface area is 206 Å². The molecule has 35 heavy (non-hydrogen) atoms. The minimum absolute atomic E-state index is 0.00196. The average molecular weight is 469 g/mol. The van der Waals surface area contributed by atoms with Crippen LogP contribution in [0, 0.1) is 27.7 Å². The maximum Gasteiger partial charge on any atom is 0.257 e. The number of aromatic nitrogens is 3. The van der Waals surface area contributed by atoms with Crippen molar-refractivity contribution in [2.75, 3.05) is 36.4 Å². The monoisotopic (exact) mass is 468 g/mol. The van der Waals surface area contributed by atoms with Crippen LogP contribution in [0.4, 0.5) is 17.1 Å². The maximum absolute atomic E-state index is 13.8. The van der Waals surface area contributed by atoms with E-state index in [2.05, 4.69) is 71.4 Å². The summed E-state index contributed by atoms with van der Waals surface area (Å²) in [6.07, 6.45) is 1.69. The Kier molecular flexibility index (Phi) is 5.93. The van der Waals surface area contributed by atoms with E-state index >= 15 is 0 Å². The second kappa shape index (κ2) is 9.06. The molecular formula is C28H32N6O. The van der Waals surface area contributed by atoms with Crippen molar-refractivity contribution in [2.24, 2.45) is 7.05 Å². The third kappa shape index (κ3) is 4.22. The van der Waals surface area contributed by atoms with Crippen LogP contribution in [0.5, 0.6) is 0 Å². The number of nitrogens with zero attached hydrogens (tertiary/aromatic N) is 5. The van der Waals surface area contributed by atoms with Gasteiger partial charge in [0.2, 0.25) is 0 Å². The third-order valence-electron chi connectivity index (χ3n) is 7.06. The van der Waals surface area contributed by atoms with Gasteiger partial charge in [0.15, 0.2) is 5.65 Å². The first-order valence-electron chi connectivity index (χ1n) is 12.1. The van der Waals surface area contributed by atoms with Crippen LogP contribution in [-0.2, 0) is 7.05 Å². The van der Waals surface area contributed by atoms with Gasteiger partial charge in [-0.25, -0.2) is 4.98 Å². The van der Waals surface area contributed by atoms with Crippen LogP contribution in [-0.4, -0.2) is 51.8 Å².